The molecule has 4 amide bonds. The van der Waals surface area contributed by atoms with Crippen LogP contribution in [0.25, 0.3) is 0 Å². The summed E-state index contributed by atoms with van der Waals surface area (Å²) in [6.45, 7) is 5.83. The third-order valence-electron chi connectivity index (χ3n) is 4.13. The molecule has 0 bridgehead atoms. The predicted molar refractivity (Wildman–Crippen MR) is 108 cm³/mol. The summed E-state index contributed by atoms with van der Waals surface area (Å²) < 4.78 is 5.54. The van der Waals surface area contributed by atoms with E-state index in [1.165, 1.54) is 13.8 Å². The van der Waals surface area contributed by atoms with Gasteiger partial charge in [0.25, 0.3) is 0 Å². The Hall–Kier alpha value is -2.28. The van der Waals surface area contributed by atoms with E-state index in [-0.39, 0.29) is 26.3 Å². The molecule has 0 saturated carbocycles. The van der Waals surface area contributed by atoms with Gasteiger partial charge in [-0.1, -0.05) is 0 Å². The molecule has 0 aromatic carbocycles. The number of nitrogens with one attached hydrogen (secondary N) is 4. The topological polar surface area (TPSA) is 192 Å². The van der Waals surface area contributed by atoms with E-state index in [0.717, 1.165) is 0 Å². The van der Waals surface area contributed by atoms with Crippen molar-refractivity contribution in [1.29, 1.82) is 0 Å². The lowest BCUT2D eigenvalue weighted by Gasteiger charge is -2.25. The number of carbonyl (C=O) groups is 4. The van der Waals surface area contributed by atoms with Crippen LogP contribution in [-0.4, -0.2) is 90.5 Å². The highest BCUT2D eigenvalue weighted by atomic mass is 16.5. The van der Waals surface area contributed by atoms with Crippen LogP contribution in [0.15, 0.2) is 0 Å². The van der Waals surface area contributed by atoms with Crippen LogP contribution >= 0.6 is 0 Å². The normalized spacial score (nSPS) is 14.2. The molecule has 0 aliphatic heterocycles. The number of amides is 4. The first-order valence-corrected chi connectivity index (χ1v) is 9.71. The van der Waals surface area contributed by atoms with Crippen molar-refractivity contribution in [2.45, 2.75) is 57.8 Å². The number of carbonyl (C=O) groups excluding carboxylic acids is 4. The maximum atomic E-state index is 12.2. The fourth-order valence-corrected chi connectivity index (χ4v) is 2.23. The van der Waals surface area contributed by atoms with Gasteiger partial charge in [0.1, 0.15) is 18.1 Å². The van der Waals surface area contributed by atoms with Crippen LogP contribution < -0.4 is 27.0 Å². The Morgan fingerprint density at radius 3 is 2.07 bits per heavy atom. The van der Waals surface area contributed by atoms with E-state index in [4.69, 9.17) is 15.6 Å². The summed E-state index contributed by atoms with van der Waals surface area (Å²) in [6, 6.07) is -3.13. The highest BCUT2D eigenvalue weighted by molar-refractivity contribution is 5.94. The van der Waals surface area contributed by atoms with E-state index in [9.17, 15) is 24.3 Å². The maximum Gasteiger partial charge on any atom is 0.245 e. The molecule has 0 spiro atoms. The maximum absolute atomic E-state index is 12.2. The average molecular weight is 434 g/mol. The predicted octanol–water partition coefficient (Wildman–Crippen LogP) is -3.27. The molecule has 0 rings (SSSR count). The van der Waals surface area contributed by atoms with Crippen molar-refractivity contribution in [3.8, 4) is 0 Å². The summed E-state index contributed by atoms with van der Waals surface area (Å²) in [4.78, 5) is 47.6. The number of ether oxygens (including phenoxy) is 1. The van der Waals surface area contributed by atoms with Crippen LogP contribution in [0.3, 0.4) is 0 Å². The second-order valence-electron chi connectivity index (χ2n) is 7.34. The van der Waals surface area contributed by atoms with Crippen molar-refractivity contribution in [2.24, 2.45) is 5.73 Å². The van der Waals surface area contributed by atoms with Gasteiger partial charge in [-0.15, -0.1) is 0 Å². The summed E-state index contributed by atoms with van der Waals surface area (Å²) in [5.74, 6) is -2.42. The van der Waals surface area contributed by atoms with Crippen LogP contribution in [0.2, 0.25) is 0 Å². The SMILES string of the molecule is CC(NC(=O)[C@H](C)NC(=O)CN)C(=O)N[C@@H](CO)C(=O)NCCOC(C)(C)CCO. The molecule has 174 valence electrons. The third-order valence-corrected chi connectivity index (χ3v) is 4.13. The first kappa shape index (κ1) is 27.7. The molecule has 0 saturated heterocycles. The van der Waals surface area contributed by atoms with Gasteiger partial charge in [-0.3, -0.25) is 19.2 Å². The van der Waals surface area contributed by atoms with E-state index < -0.39 is 54.0 Å². The van der Waals surface area contributed by atoms with Gasteiger partial charge in [0.15, 0.2) is 0 Å². The average Bonchev–Trinajstić information content (AvgIpc) is 2.68. The van der Waals surface area contributed by atoms with E-state index in [1.807, 2.05) is 0 Å². The summed E-state index contributed by atoms with van der Waals surface area (Å²) in [7, 11) is 0. The van der Waals surface area contributed by atoms with Crippen molar-refractivity contribution in [2.75, 3.05) is 32.9 Å². The Labute approximate surface area is 176 Å². The second-order valence-corrected chi connectivity index (χ2v) is 7.34. The van der Waals surface area contributed by atoms with Crippen molar-refractivity contribution in [1.82, 2.24) is 21.3 Å². The lowest BCUT2D eigenvalue weighted by Crippen LogP contribution is -2.56. The minimum atomic E-state index is -1.21. The zero-order valence-electron chi connectivity index (χ0n) is 18.0. The Balaban J connectivity index is 4.48. The van der Waals surface area contributed by atoms with Gasteiger partial charge in [-0.25, -0.2) is 0 Å². The molecule has 0 fully saturated rings. The highest BCUT2D eigenvalue weighted by Gasteiger charge is 2.25. The molecule has 12 nitrogen and oxygen atoms in total. The molecule has 30 heavy (non-hydrogen) atoms. The molecule has 0 aliphatic rings. The zero-order chi connectivity index (χ0) is 23.3. The van der Waals surface area contributed by atoms with Crippen LogP contribution in [0.5, 0.6) is 0 Å². The Kier molecular flexibility index (Phi) is 12.8. The number of hydrogen-bond acceptors (Lipinski definition) is 8. The zero-order valence-corrected chi connectivity index (χ0v) is 18.0. The fourth-order valence-electron chi connectivity index (χ4n) is 2.23. The number of nitrogens with two attached hydrogens (primary N) is 1. The Morgan fingerprint density at radius 1 is 0.967 bits per heavy atom. The largest absolute Gasteiger partial charge is 0.396 e. The third kappa shape index (κ3) is 11.0. The quantitative estimate of drug-likeness (QED) is 0.139. The number of rotatable bonds is 14. The standard InChI is InChI=1S/C18H35N5O7/c1-11(21-14(26)9-19)15(27)22-12(2)16(28)23-13(10-25)17(29)20-6-8-30-18(3,4)5-7-24/h11-13,24-25H,5-10,19H2,1-4H3,(H,20,29)(H,21,26)(H,22,27)(H,23,28)/t11-,12?,13-/m0/s1. The number of aliphatic hydroxyl groups is 2. The molecule has 3 atom stereocenters. The summed E-state index contributed by atoms with van der Waals surface area (Å²) in [6.07, 6.45) is 0.439. The molecule has 12 heteroatoms. The molecule has 0 radical (unpaired) electrons. The van der Waals surface area contributed by atoms with Crippen molar-refractivity contribution >= 4 is 23.6 Å². The summed E-state index contributed by atoms with van der Waals surface area (Å²) in [5.41, 5.74) is 4.62. The van der Waals surface area contributed by atoms with Crippen LogP contribution in [0.1, 0.15) is 34.1 Å². The van der Waals surface area contributed by atoms with Crippen LogP contribution in [-0.2, 0) is 23.9 Å². The Bertz CT molecular complexity index is 585. The van der Waals surface area contributed by atoms with Crippen LogP contribution in [0, 0.1) is 0 Å². The molecular weight excluding hydrogens is 398 g/mol. The molecule has 1 unspecified atom stereocenters. The van der Waals surface area contributed by atoms with Gasteiger partial charge in [0.2, 0.25) is 23.6 Å². The molecule has 0 heterocycles. The monoisotopic (exact) mass is 433 g/mol. The fraction of sp³-hybridized carbons (Fsp3) is 0.778. The highest BCUT2D eigenvalue weighted by Crippen LogP contribution is 2.12. The Morgan fingerprint density at radius 2 is 1.53 bits per heavy atom. The molecular formula is C18H35N5O7. The smallest absolute Gasteiger partial charge is 0.245 e. The first-order chi connectivity index (χ1) is 14.0. The van der Waals surface area contributed by atoms with E-state index in [2.05, 4.69) is 21.3 Å². The van der Waals surface area contributed by atoms with E-state index in [0.29, 0.717) is 6.42 Å². The van der Waals surface area contributed by atoms with Crippen molar-refractivity contribution in [3.63, 3.8) is 0 Å². The molecule has 0 aromatic heterocycles. The number of hydrogen-bond donors (Lipinski definition) is 7. The van der Waals surface area contributed by atoms with Gasteiger partial charge in [0, 0.05) is 13.2 Å². The van der Waals surface area contributed by atoms with Gasteiger partial charge < -0.3 is 42.0 Å². The van der Waals surface area contributed by atoms with Crippen molar-refractivity contribution < 1.29 is 34.1 Å². The number of aliphatic hydroxyl groups excluding tert-OH is 2. The molecule has 0 aliphatic carbocycles. The van der Waals surface area contributed by atoms with E-state index >= 15 is 0 Å². The van der Waals surface area contributed by atoms with Gasteiger partial charge in [-0.05, 0) is 34.1 Å². The lowest BCUT2D eigenvalue weighted by atomic mass is 10.1. The summed E-state index contributed by atoms with van der Waals surface area (Å²) >= 11 is 0. The minimum Gasteiger partial charge on any atom is -0.396 e. The first-order valence-electron chi connectivity index (χ1n) is 9.71. The van der Waals surface area contributed by atoms with Gasteiger partial charge in [-0.2, -0.15) is 0 Å². The van der Waals surface area contributed by atoms with Gasteiger partial charge >= 0.3 is 0 Å². The lowest BCUT2D eigenvalue weighted by molar-refractivity contribution is -0.133. The van der Waals surface area contributed by atoms with Gasteiger partial charge in [0.05, 0.1) is 25.4 Å². The second kappa shape index (κ2) is 13.9. The molecule has 0 aromatic rings. The van der Waals surface area contributed by atoms with E-state index in [1.54, 1.807) is 13.8 Å². The summed E-state index contributed by atoms with van der Waals surface area (Å²) in [5, 5.41) is 28.0. The molecule has 8 N–H and O–H groups in total. The minimum absolute atomic E-state index is 0.0229. The van der Waals surface area contributed by atoms with Crippen LogP contribution in [0.4, 0.5) is 0 Å². The van der Waals surface area contributed by atoms with Crippen molar-refractivity contribution in [3.05, 3.63) is 0 Å².